The number of nitrogens with zero attached hydrogens (tertiary/aromatic N) is 2. The molecule has 29 heavy (non-hydrogen) atoms. The van der Waals surface area contributed by atoms with Gasteiger partial charge in [-0.2, -0.15) is 5.10 Å². The van der Waals surface area contributed by atoms with Gasteiger partial charge in [0.15, 0.2) is 6.61 Å². The van der Waals surface area contributed by atoms with Crippen LogP contribution in [-0.4, -0.2) is 23.2 Å². The van der Waals surface area contributed by atoms with Crippen molar-refractivity contribution in [3.8, 4) is 5.75 Å². The third-order valence-corrected chi connectivity index (χ3v) is 5.14. The molecule has 148 valence electrons. The van der Waals surface area contributed by atoms with E-state index in [0.717, 1.165) is 23.3 Å². The van der Waals surface area contributed by atoms with Crippen LogP contribution >= 0.6 is 11.6 Å². The molecule has 3 aromatic rings. The minimum absolute atomic E-state index is 0.0955. The SMILES string of the molecule is CCc1cccc(OCC(=O)N2N=C(c3ccc(Cl)cc3)C[C@H]2c2ccco2)c1. The lowest BCUT2D eigenvalue weighted by atomic mass is 10.0. The van der Waals surface area contributed by atoms with Gasteiger partial charge in [0.25, 0.3) is 5.91 Å². The van der Waals surface area contributed by atoms with E-state index in [1.54, 1.807) is 6.26 Å². The van der Waals surface area contributed by atoms with Gasteiger partial charge in [0.1, 0.15) is 17.6 Å². The molecule has 1 aromatic heterocycles. The maximum Gasteiger partial charge on any atom is 0.281 e. The van der Waals surface area contributed by atoms with Gasteiger partial charge in [0.2, 0.25) is 0 Å². The summed E-state index contributed by atoms with van der Waals surface area (Å²) in [7, 11) is 0. The molecule has 0 aliphatic carbocycles. The van der Waals surface area contributed by atoms with Crippen LogP contribution in [0.4, 0.5) is 0 Å². The molecule has 0 N–H and O–H groups in total. The number of carbonyl (C=O) groups is 1. The van der Waals surface area contributed by atoms with Crippen LogP contribution in [-0.2, 0) is 11.2 Å². The van der Waals surface area contributed by atoms with Crippen molar-refractivity contribution >= 4 is 23.2 Å². The summed E-state index contributed by atoms with van der Waals surface area (Å²) in [6.07, 6.45) is 3.07. The number of benzene rings is 2. The smallest absolute Gasteiger partial charge is 0.281 e. The number of amides is 1. The molecule has 5 nitrogen and oxygen atoms in total. The molecule has 1 aliphatic rings. The van der Waals surface area contributed by atoms with Crippen LogP contribution in [0.3, 0.4) is 0 Å². The van der Waals surface area contributed by atoms with Gasteiger partial charge in [-0.15, -0.1) is 0 Å². The van der Waals surface area contributed by atoms with Crippen molar-refractivity contribution in [3.05, 3.63) is 88.8 Å². The Kier molecular flexibility index (Phi) is 5.67. The lowest BCUT2D eigenvalue weighted by Gasteiger charge is -2.20. The zero-order valence-corrected chi connectivity index (χ0v) is 16.8. The van der Waals surface area contributed by atoms with Crippen LogP contribution in [0.1, 0.15) is 36.3 Å². The third kappa shape index (κ3) is 4.35. The molecule has 2 heterocycles. The summed E-state index contributed by atoms with van der Waals surface area (Å²) in [6.45, 7) is 1.98. The Morgan fingerprint density at radius 3 is 2.76 bits per heavy atom. The van der Waals surface area contributed by atoms with E-state index < -0.39 is 0 Å². The second-order valence-corrected chi connectivity index (χ2v) is 7.25. The Morgan fingerprint density at radius 1 is 1.21 bits per heavy atom. The van der Waals surface area contributed by atoms with Gasteiger partial charge in [-0.1, -0.05) is 42.8 Å². The molecule has 0 fully saturated rings. The molecule has 6 heteroatoms. The summed E-state index contributed by atoms with van der Waals surface area (Å²) in [5.74, 6) is 1.14. The van der Waals surface area contributed by atoms with Crippen molar-refractivity contribution in [2.75, 3.05) is 6.61 Å². The van der Waals surface area contributed by atoms with Gasteiger partial charge in [-0.3, -0.25) is 4.79 Å². The van der Waals surface area contributed by atoms with E-state index >= 15 is 0 Å². The molecule has 0 bridgehead atoms. The highest BCUT2D eigenvalue weighted by molar-refractivity contribution is 6.30. The third-order valence-electron chi connectivity index (χ3n) is 4.88. The molecular weight excluding hydrogens is 388 g/mol. The molecule has 0 spiro atoms. The van der Waals surface area contributed by atoms with Crippen molar-refractivity contribution in [1.29, 1.82) is 0 Å². The second-order valence-electron chi connectivity index (χ2n) is 6.82. The lowest BCUT2D eigenvalue weighted by molar-refractivity contribution is -0.135. The summed E-state index contributed by atoms with van der Waals surface area (Å²) in [4.78, 5) is 12.9. The van der Waals surface area contributed by atoms with Gasteiger partial charge >= 0.3 is 0 Å². The second kappa shape index (κ2) is 8.53. The van der Waals surface area contributed by atoms with E-state index in [9.17, 15) is 4.79 Å². The quantitative estimate of drug-likeness (QED) is 0.559. The van der Waals surface area contributed by atoms with Crippen molar-refractivity contribution < 1.29 is 13.9 Å². The van der Waals surface area contributed by atoms with Crippen LogP contribution in [0, 0.1) is 0 Å². The maximum atomic E-state index is 12.9. The molecule has 0 unspecified atom stereocenters. The highest BCUT2D eigenvalue weighted by Crippen LogP contribution is 2.33. The van der Waals surface area contributed by atoms with Crippen LogP contribution in [0.25, 0.3) is 0 Å². The van der Waals surface area contributed by atoms with E-state index in [-0.39, 0.29) is 18.6 Å². The first-order valence-corrected chi connectivity index (χ1v) is 9.92. The van der Waals surface area contributed by atoms with E-state index in [0.29, 0.717) is 23.0 Å². The molecule has 0 radical (unpaired) electrons. The fourth-order valence-electron chi connectivity index (χ4n) is 3.33. The van der Waals surface area contributed by atoms with E-state index in [4.69, 9.17) is 20.8 Å². The number of rotatable bonds is 6. The number of ether oxygens (including phenoxy) is 1. The molecular formula is C23H21ClN2O3. The predicted octanol–water partition coefficient (Wildman–Crippen LogP) is 5.25. The molecule has 1 aliphatic heterocycles. The first-order valence-electron chi connectivity index (χ1n) is 9.54. The Hall–Kier alpha value is -3.05. The van der Waals surface area contributed by atoms with Gasteiger partial charge < -0.3 is 9.15 Å². The average Bonchev–Trinajstić information content (AvgIpc) is 3.42. The fourth-order valence-corrected chi connectivity index (χ4v) is 3.45. The molecule has 2 aromatic carbocycles. The first kappa shape index (κ1) is 19.3. The summed E-state index contributed by atoms with van der Waals surface area (Å²) in [5.41, 5.74) is 2.90. The number of furan rings is 1. The van der Waals surface area contributed by atoms with Gasteiger partial charge in [-0.05, 0) is 53.9 Å². The number of hydrazone groups is 1. The van der Waals surface area contributed by atoms with Gasteiger partial charge in [0.05, 0.1) is 12.0 Å². The van der Waals surface area contributed by atoms with E-state index in [1.165, 1.54) is 5.01 Å². The number of aryl methyl sites for hydroxylation is 1. The van der Waals surface area contributed by atoms with Crippen LogP contribution in [0.15, 0.2) is 76.4 Å². The normalized spacial score (nSPS) is 16.0. The first-order chi connectivity index (χ1) is 14.1. The van der Waals surface area contributed by atoms with Gasteiger partial charge in [0, 0.05) is 11.4 Å². The number of hydrogen-bond donors (Lipinski definition) is 0. The van der Waals surface area contributed by atoms with Crippen LogP contribution < -0.4 is 4.74 Å². The Bertz CT molecular complexity index is 1010. The van der Waals surface area contributed by atoms with Crippen molar-refractivity contribution in [1.82, 2.24) is 5.01 Å². The van der Waals surface area contributed by atoms with Crippen LogP contribution in [0.5, 0.6) is 5.75 Å². The van der Waals surface area contributed by atoms with Crippen LogP contribution in [0.2, 0.25) is 5.02 Å². The molecule has 1 atom stereocenters. The topological polar surface area (TPSA) is 55.0 Å². The number of hydrogen-bond acceptors (Lipinski definition) is 4. The average molecular weight is 409 g/mol. The summed E-state index contributed by atoms with van der Waals surface area (Å²) >= 11 is 5.99. The zero-order chi connectivity index (χ0) is 20.2. The zero-order valence-electron chi connectivity index (χ0n) is 16.0. The predicted molar refractivity (Wildman–Crippen MR) is 112 cm³/mol. The maximum absolute atomic E-state index is 12.9. The molecule has 0 saturated heterocycles. The van der Waals surface area contributed by atoms with Gasteiger partial charge in [-0.25, -0.2) is 5.01 Å². The highest BCUT2D eigenvalue weighted by Gasteiger charge is 2.35. The molecule has 0 saturated carbocycles. The Labute approximate surface area is 174 Å². The minimum Gasteiger partial charge on any atom is -0.484 e. The minimum atomic E-state index is -0.297. The van der Waals surface area contributed by atoms with Crippen molar-refractivity contribution in [3.63, 3.8) is 0 Å². The van der Waals surface area contributed by atoms with E-state index in [2.05, 4.69) is 12.0 Å². The standard InChI is InChI=1S/C23H21ClN2O3/c1-2-16-5-3-6-19(13-16)29-15-23(27)26-21(22-7-4-12-28-22)14-20(25-26)17-8-10-18(24)11-9-17/h3-13,21H,2,14-15H2,1H3/t21-/m0/s1. The monoisotopic (exact) mass is 408 g/mol. The number of carbonyl (C=O) groups excluding carboxylic acids is 1. The fraction of sp³-hybridized carbons (Fsp3) is 0.217. The molecule has 1 amide bonds. The summed E-state index contributed by atoms with van der Waals surface area (Å²) in [5, 5.41) is 6.71. The number of halogens is 1. The summed E-state index contributed by atoms with van der Waals surface area (Å²) in [6, 6.07) is 18.6. The highest BCUT2D eigenvalue weighted by atomic mass is 35.5. The Morgan fingerprint density at radius 2 is 2.03 bits per heavy atom. The van der Waals surface area contributed by atoms with Crippen molar-refractivity contribution in [2.45, 2.75) is 25.8 Å². The lowest BCUT2D eigenvalue weighted by Crippen LogP contribution is -2.31. The Balaban J connectivity index is 1.54. The summed E-state index contributed by atoms with van der Waals surface area (Å²) < 4.78 is 11.3. The van der Waals surface area contributed by atoms with E-state index in [1.807, 2.05) is 60.7 Å². The van der Waals surface area contributed by atoms with Crippen molar-refractivity contribution in [2.24, 2.45) is 5.10 Å². The molecule has 4 rings (SSSR count). The largest absolute Gasteiger partial charge is 0.484 e.